The minimum atomic E-state index is -1.16. The van der Waals surface area contributed by atoms with E-state index < -0.39 is 35.7 Å². The van der Waals surface area contributed by atoms with Gasteiger partial charge in [0.15, 0.2) is 6.04 Å². The minimum absolute atomic E-state index is 0.144. The fourth-order valence-corrected chi connectivity index (χ4v) is 2.27. The summed E-state index contributed by atoms with van der Waals surface area (Å²) in [6.45, 7) is 10.7. The Labute approximate surface area is 130 Å². The number of rotatable bonds is 3. The summed E-state index contributed by atoms with van der Waals surface area (Å²) in [6, 6.07) is -1.92. The molecule has 1 rings (SSSR count). The summed E-state index contributed by atoms with van der Waals surface area (Å²) in [4.78, 5) is 39.4. The summed E-state index contributed by atoms with van der Waals surface area (Å²) in [5, 5.41) is 0. The van der Waals surface area contributed by atoms with E-state index >= 15 is 0 Å². The number of hydrogen-bond donors (Lipinski definition) is 0. The number of esters is 1. The third-order valence-corrected chi connectivity index (χ3v) is 3.05. The second-order valence-electron chi connectivity index (χ2n) is 6.28. The molecule has 0 radical (unpaired) electrons. The van der Waals surface area contributed by atoms with Crippen LogP contribution in [0.5, 0.6) is 0 Å². The van der Waals surface area contributed by atoms with Crippen LogP contribution in [0.1, 0.15) is 27.7 Å². The summed E-state index contributed by atoms with van der Waals surface area (Å²) in [7, 11) is 3.35. The summed E-state index contributed by atoms with van der Waals surface area (Å²) in [5.41, 5.74) is -0.479. The molecule has 1 aliphatic rings. The molecule has 22 heavy (non-hydrogen) atoms. The zero-order chi connectivity index (χ0) is 17.2. The van der Waals surface area contributed by atoms with E-state index in [1.165, 1.54) is 0 Å². The highest BCUT2D eigenvalue weighted by Crippen LogP contribution is 2.29. The van der Waals surface area contributed by atoms with E-state index in [2.05, 4.69) is 6.58 Å². The predicted molar refractivity (Wildman–Crippen MR) is 80.1 cm³/mol. The Hall–Kier alpha value is -1.89. The van der Waals surface area contributed by atoms with Gasteiger partial charge in [-0.2, -0.15) is 0 Å². The Balaban J connectivity index is 3.18. The Morgan fingerprint density at radius 1 is 1.32 bits per heavy atom. The van der Waals surface area contributed by atoms with E-state index in [1.54, 1.807) is 46.7 Å². The number of ether oxygens (including phenoxy) is 2. The second kappa shape index (κ2) is 6.48. The summed E-state index contributed by atoms with van der Waals surface area (Å²) >= 11 is 0. The number of carbonyl (C=O) groups is 3. The fraction of sp³-hybridized carbons (Fsp3) is 0.667. The van der Waals surface area contributed by atoms with Crippen molar-refractivity contribution in [1.29, 1.82) is 0 Å². The SMILES string of the molecule is C=C1C(N(C)C)C(=O)N(C(=O)OC(C)(C)C)[C@@H]1C(=O)OCC. The van der Waals surface area contributed by atoms with E-state index in [0.29, 0.717) is 5.57 Å². The van der Waals surface area contributed by atoms with Crippen molar-refractivity contribution >= 4 is 18.0 Å². The maximum absolute atomic E-state index is 12.5. The number of likely N-dealkylation sites (tertiary alicyclic amines) is 1. The highest BCUT2D eigenvalue weighted by atomic mass is 16.6. The Kier molecular flexibility index (Phi) is 5.35. The molecule has 1 heterocycles. The largest absolute Gasteiger partial charge is 0.464 e. The van der Waals surface area contributed by atoms with Gasteiger partial charge in [-0.25, -0.2) is 14.5 Å². The van der Waals surface area contributed by atoms with Gasteiger partial charge >= 0.3 is 12.1 Å². The molecule has 7 heteroatoms. The van der Waals surface area contributed by atoms with Gasteiger partial charge in [0, 0.05) is 0 Å². The zero-order valence-electron chi connectivity index (χ0n) is 14.0. The number of nitrogens with zero attached hydrogens (tertiary/aromatic N) is 2. The molecule has 0 aromatic carbocycles. The highest BCUT2D eigenvalue weighted by molar-refractivity contribution is 6.06. The van der Waals surface area contributed by atoms with Gasteiger partial charge in [0.05, 0.1) is 6.61 Å². The van der Waals surface area contributed by atoms with Gasteiger partial charge in [0.25, 0.3) is 5.91 Å². The van der Waals surface area contributed by atoms with Crippen molar-refractivity contribution in [1.82, 2.24) is 9.80 Å². The van der Waals surface area contributed by atoms with Crippen LogP contribution >= 0.6 is 0 Å². The minimum Gasteiger partial charge on any atom is -0.464 e. The van der Waals surface area contributed by atoms with Crippen LogP contribution in [0.25, 0.3) is 0 Å². The van der Waals surface area contributed by atoms with Crippen LogP contribution in [0.4, 0.5) is 4.79 Å². The Morgan fingerprint density at radius 2 is 1.86 bits per heavy atom. The molecular formula is C15H24N2O5. The maximum Gasteiger partial charge on any atom is 0.418 e. The molecule has 1 unspecified atom stereocenters. The summed E-state index contributed by atoms with van der Waals surface area (Å²) in [5.74, 6) is -1.22. The first kappa shape index (κ1) is 18.2. The molecule has 0 aromatic heterocycles. The van der Waals surface area contributed by atoms with Crippen LogP contribution in [0.3, 0.4) is 0 Å². The lowest BCUT2D eigenvalue weighted by Crippen LogP contribution is -2.47. The van der Waals surface area contributed by atoms with E-state index in [-0.39, 0.29) is 6.61 Å². The molecular weight excluding hydrogens is 288 g/mol. The molecule has 2 atom stereocenters. The molecule has 2 amide bonds. The molecule has 0 spiro atoms. The molecule has 0 aliphatic carbocycles. The van der Waals surface area contributed by atoms with E-state index in [4.69, 9.17) is 9.47 Å². The standard InChI is InChI=1S/C15H24N2O5/c1-8-21-13(19)11-9(2)10(16(6)7)12(18)17(11)14(20)22-15(3,4)5/h10-11H,2,8H2,1,3-7H3/t10?,11-/m0/s1. The van der Waals surface area contributed by atoms with Gasteiger partial charge < -0.3 is 9.47 Å². The first-order valence-electron chi connectivity index (χ1n) is 7.09. The lowest BCUT2D eigenvalue weighted by Gasteiger charge is -2.26. The van der Waals surface area contributed by atoms with Crippen molar-refractivity contribution in [3.8, 4) is 0 Å². The summed E-state index contributed by atoms with van der Waals surface area (Å²) < 4.78 is 10.2. The second-order valence-corrected chi connectivity index (χ2v) is 6.28. The van der Waals surface area contributed by atoms with Crippen LogP contribution in [-0.2, 0) is 19.1 Å². The molecule has 0 bridgehead atoms. The van der Waals surface area contributed by atoms with Crippen molar-refractivity contribution in [2.45, 2.75) is 45.4 Å². The summed E-state index contributed by atoms with van der Waals surface area (Å²) in [6.07, 6.45) is -0.874. The quantitative estimate of drug-likeness (QED) is 0.575. The molecule has 7 nitrogen and oxygen atoms in total. The molecule has 0 aromatic rings. The number of hydrogen-bond acceptors (Lipinski definition) is 6. The lowest BCUT2D eigenvalue weighted by molar-refractivity contribution is -0.150. The zero-order valence-corrected chi connectivity index (χ0v) is 14.0. The van der Waals surface area contributed by atoms with Crippen molar-refractivity contribution in [2.24, 2.45) is 0 Å². The topological polar surface area (TPSA) is 76.2 Å². The molecule has 124 valence electrons. The number of amides is 2. The van der Waals surface area contributed by atoms with Gasteiger partial charge in [-0.1, -0.05) is 6.58 Å². The normalized spacial score (nSPS) is 22.2. The van der Waals surface area contributed by atoms with Gasteiger partial charge in [-0.05, 0) is 47.4 Å². The first-order valence-corrected chi connectivity index (χ1v) is 7.09. The smallest absolute Gasteiger partial charge is 0.418 e. The Bertz CT molecular complexity index is 493. The van der Waals surface area contributed by atoms with Gasteiger partial charge in [-0.15, -0.1) is 0 Å². The monoisotopic (exact) mass is 312 g/mol. The van der Waals surface area contributed by atoms with Gasteiger partial charge in [-0.3, -0.25) is 9.69 Å². The van der Waals surface area contributed by atoms with Crippen molar-refractivity contribution in [3.05, 3.63) is 12.2 Å². The molecule has 0 saturated carbocycles. The van der Waals surface area contributed by atoms with Crippen LogP contribution in [0.15, 0.2) is 12.2 Å². The average Bonchev–Trinajstić information content (AvgIpc) is 2.58. The number of imide groups is 1. The van der Waals surface area contributed by atoms with Crippen LogP contribution in [0.2, 0.25) is 0 Å². The number of carbonyl (C=O) groups excluding carboxylic acids is 3. The van der Waals surface area contributed by atoms with Crippen molar-refractivity contribution in [2.75, 3.05) is 20.7 Å². The van der Waals surface area contributed by atoms with Gasteiger partial charge in [0.1, 0.15) is 11.6 Å². The van der Waals surface area contributed by atoms with E-state index in [1.807, 2.05) is 0 Å². The van der Waals surface area contributed by atoms with Crippen LogP contribution < -0.4 is 0 Å². The number of likely N-dealkylation sites (N-methyl/N-ethyl adjacent to an activating group) is 1. The van der Waals surface area contributed by atoms with E-state index in [0.717, 1.165) is 4.90 Å². The van der Waals surface area contributed by atoms with E-state index in [9.17, 15) is 14.4 Å². The van der Waals surface area contributed by atoms with Gasteiger partial charge in [0.2, 0.25) is 0 Å². The Morgan fingerprint density at radius 3 is 2.27 bits per heavy atom. The van der Waals surface area contributed by atoms with Crippen molar-refractivity contribution in [3.63, 3.8) is 0 Å². The fourth-order valence-electron chi connectivity index (χ4n) is 2.27. The average molecular weight is 312 g/mol. The van der Waals surface area contributed by atoms with Crippen LogP contribution in [0, 0.1) is 0 Å². The highest BCUT2D eigenvalue weighted by Gasteiger charge is 2.52. The third-order valence-electron chi connectivity index (χ3n) is 3.05. The first-order chi connectivity index (χ1) is 10.0. The third kappa shape index (κ3) is 3.65. The van der Waals surface area contributed by atoms with Crippen LogP contribution in [-0.4, -0.2) is 66.2 Å². The molecule has 1 aliphatic heterocycles. The molecule has 1 saturated heterocycles. The molecule has 0 N–H and O–H groups in total. The lowest BCUT2D eigenvalue weighted by atomic mass is 10.1. The molecule has 1 fully saturated rings. The maximum atomic E-state index is 12.5. The predicted octanol–water partition coefficient (Wildman–Crippen LogP) is 1.18. The van der Waals surface area contributed by atoms with Crippen molar-refractivity contribution < 1.29 is 23.9 Å².